The first-order chi connectivity index (χ1) is 31.0. The number of unbranched alkanes of at least 4 members (excludes halogenated alkanes) is 39. The Labute approximate surface area is 399 Å². The summed E-state index contributed by atoms with van der Waals surface area (Å²) < 4.78 is 23.5. The number of carbonyl (C=O) groups is 1. The van der Waals surface area contributed by atoms with Gasteiger partial charge in [0.05, 0.1) is 39.9 Å². The molecule has 3 atom stereocenters. The molecule has 0 radical (unpaired) electrons. The molecule has 0 aromatic heterocycles. The summed E-state index contributed by atoms with van der Waals surface area (Å²) in [6.07, 6.45) is 57.9. The monoisotopic (exact) mass is 928 g/mol. The summed E-state index contributed by atoms with van der Waals surface area (Å²) in [4.78, 5) is 23.1. The van der Waals surface area contributed by atoms with Crippen LogP contribution >= 0.6 is 7.82 Å². The number of likely N-dealkylation sites (N-methyl/N-ethyl adjacent to an activating group) is 1. The van der Waals surface area contributed by atoms with Crippen molar-refractivity contribution in [3.05, 3.63) is 12.2 Å². The van der Waals surface area contributed by atoms with E-state index in [1.165, 1.54) is 225 Å². The van der Waals surface area contributed by atoms with E-state index in [4.69, 9.17) is 9.05 Å². The molecule has 0 aliphatic carbocycles. The van der Waals surface area contributed by atoms with Crippen molar-refractivity contribution >= 4 is 13.7 Å². The second-order valence-electron chi connectivity index (χ2n) is 20.7. The van der Waals surface area contributed by atoms with Crippen LogP contribution in [-0.4, -0.2) is 73.4 Å². The maximum Gasteiger partial charge on any atom is 0.472 e. The molecule has 0 aromatic carbocycles. The number of quaternary nitrogens is 1. The number of nitrogens with one attached hydrogen (secondary N) is 1. The van der Waals surface area contributed by atoms with Crippen molar-refractivity contribution in [2.75, 3.05) is 40.9 Å². The Morgan fingerprint density at radius 1 is 0.516 bits per heavy atom. The normalized spacial score (nSPS) is 14.0. The fourth-order valence-corrected chi connectivity index (χ4v) is 9.31. The van der Waals surface area contributed by atoms with Crippen LogP contribution in [0.25, 0.3) is 0 Å². The average molecular weight is 928 g/mol. The van der Waals surface area contributed by atoms with E-state index in [1.807, 2.05) is 27.2 Å². The van der Waals surface area contributed by atoms with Gasteiger partial charge in [-0.25, -0.2) is 4.57 Å². The zero-order valence-electron chi connectivity index (χ0n) is 43.6. The van der Waals surface area contributed by atoms with Gasteiger partial charge < -0.3 is 19.8 Å². The van der Waals surface area contributed by atoms with E-state index >= 15 is 0 Å². The molecule has 9 heteroatoms. The predicted octanol–water partition coefficient (Wildman–Crippen LogP) is 16.7. The zero-order chi connectivity index (χ0) is 47.1. The molecule has 0 aromatic rings. The molecule has 0 fully saturated rings. The summed E-state index contributed by atoms with van der Waals surface area (Å²) in [6.45, 7) is 4.80. The molecule has 1 amide bonds. The molecule has 0 saturated carbocycles. The number of phosphoric ester groups is 1. The molecule has 0 heterocycles. The van der Waals surface area contributed by atoms with Gasteiger partial charge in [-0.1, -0.05) is 270 Å². The first-order valence-corrected chi connectivity index (χ1v) is 29.6. The van der Waals surface area contributed by atoms with Crippen molar-refractivity contribution in [3.8, 4) is 0 Å². The number of phosphoric acid groups is 1. The average Bonchev–Trinajstić information content (AvgIpc) is 3.25. The number of aliphatic hydroxyl groups is 1. The number of carbonyl (C=O) groups excluding carboxylic acids is 1. The van der Waals surface area contributed by atoms with Crippen LogP contribution in [0.2, 0.25) is 0 Å². The molecular weight excluding hydrogens is 816 g/mol. The van der Waals surface area contributed by atoms with Gasteiger partial charge in [0.25, 0.3) is 0 Å². The molecule has 0 saturated heterocycles. The fraction of sp³-hybridized carbons (Fsp3) is 0.945. The van der Waals surface area contributed by atoms with Crippen LogP contribution in [0.5, 0.6) is 0 Å². The standard InChI is InChI=1S/C55H111N2O6P/c1-6-8-10-12-14-16-17-18-19-20-21-22-23-24-25-26-27-28-29-30-31-32-33-34-35-36-37-38-39-40-41-43-45-47-49-55(59)56-53(52-63-64(60,61)62-51-50-57(3,4)5)54(58)48-46-44-42-15-13-11-9-7-2/h46,48,53-54,58H,6-45,47,49-52H2,1-5H3,(H-,56,59,60,61)/p+1/b48-46+. The van der Waals surface area contributed by atoms with Crippen LogP contribution in [0.1, 0.15) is 284 Å². The molecule has 3 N–H and O–H groups in total. The molecule has 0 rings (SSSR count). The number of allylic oxidation sites excluding steroid dienone is 1. The van der Waals surface area contributed by atoms with E-state index in [2.05, 4.69) is 19.2 Å². The van der Waals surface area contributed by atoms with Crippen LogP contribution in [0.3, 0.4) is 0 Å². The van der Waals surface area contributed by atoms with Crippen molar-refractivity contribution in [3.63, 3.8) is 0 Å². The molecule has 0 spiro atoms. The van der Waals surface area contributed by atoms with Gasteiger partial charge in [0.1, 0.15) is 13.2 Å². The van der Waals surface area contributed by atoms with Crippen molar-refractivity contribution in [1.82, 2.24) is 5.32 Å². The Hall–Kier alpha value is -0.760. The summed E-state index contributed by atoms with van der Waals surface area (Å²) in [6, 6.07) is -0.839. The predicted molar refractivity (Wildman–Crippen MR) is 277 cm³/mol. The highest BCUT2D eigenvalue weighted by molar-refractivity contribution is 7.47. The van der Waals surface area contributed by atoms with Gasteiger partial charge in [0, 0.05) is 6.42 Å². The van der Waals surface area contributed by atoms with Crippen LogP contribution in [0.4, 0.5) is 0 Å². The third-order valence-corrected chi connectivity index (χ3v) is 14.0. The van der Waals surface area contributed by atoms with Crippen LogP contribution in [0.15, 0.2) is 12.2 Å². The summed E-state index contributed by atoms with van der Waals surface area (Å²) in [5, 5.41) is 13.8. The third-order valence-electron chi connectivity index (χ3n) is 13.0. The highest BCUT2D eigenvalue weighted by Crippen LogP contribution is 2.43. The number of aliphatic hydroxyl groups excluding tert-OH is 1. The van der Waals surface area contributed by atoms with E-state index in [0.29, 0.717) is 17.4 Å². The summed E-state index contributed by atoms with van der Waals surface area (Å²) in [7, 11) is 1.58. The summed E-state index contributed by atoms with van der Waals surface area (Å²) in [5.74, 6) is -0.174. The third kappa shape index (κ3) is 49.2. The number of hydrogen-bond acceptors (Lipinski definition) is 5. The minimum absolute atomic E-state index is 0.0642. The van der Waals surface area contributed by atoms with Crippen LogP contribution in [0, 0.1) is 0 Å². The van der Waals surface area contributed by atoms with Gasteiger partial charge in [0.2, 0.25) is 5.91 Å². The maximum atomic E-state index is 12.9. The number of amides is 1. The van der Waals surface area contributed by atoms with E-state index < -0.39 is 20.0 Å². The molecule has 0 aliphatic heterocycles. The molecule has 0 aliphatic rings. The Morgan fingerprint density at radius 2 is 0.828 bits per heavy atom. The molecular formula is C55H112N2O6P+. The SMILES string of the molecule is CCCCCCCC/C=C/C(O)C(COP(=O)(O)OCC[N+](C)(C)C)NC(=O)CCCCCCCCCCCCCCCCCCCCCCCCCCCCCCCCCCCC. The Kier molecular flexibility index (Phi) is 46.8. The van der Waals surface area contributed by atoms with E-state index in [0.717, 1.165) is 38.5 Å². The van der Waals surface area contributed by atoms with Gasteiger partial charge in [0.15, 0.2) is 0 Å². The first-order valence-electron chi connectivity index (χ1n) is 28.1. The van der Waals surface area contributed by atoms with Crippen molar-refractivity contribution in [2.45, 2.75) is 296 Å². The van der Waals surface area contributed by atoms with Gasteiger partial charge >= 0.3 is 7.82 Å². The van der Waals surface area contributed by atoms with Gasteiger partial charge in [-0.2, -0.15) is 0 Å². The highest BCUT2D eigenvalue weighted by atomic mass is 31.2. The number of rotatable bonds is 52. The quantitative estimate of drug-likeness (QED) is 0.0243. The zero-order valence-corrected chi connectivity index (χ0v) is 44.4. The molecule has 0 bridgehead atoms. The van der Waals surface area contributed by atoms with Gasteiger partial charge in [-0.3, -0.25) is 13.8 Å². The lowest BCUT2D eigenvalue weighted by Crippen LogP contribution is -2.45. The molecule has 8 nitrogen and oxygen atoms in total. The summed E-state index contributed by atoms with van der Waals surface area (Å²) in [5.41, 5.74) is 0. The molecule has 64 heavy (non-hydrogen) atoms. The highest BCUT2D eigenvalue weighted by Gasteiger charge is 2.27. The van der Waals surface area contributed by atoms with Crippen molar-refractivity contribution in [2.24, 2.45) is 0 Å². The second kappa shape index (κ2) is 47.3. The summed E-state index contributed by atoms with van der Waals surface area (Å²) >= 11 is 0. The lowest BCUT2D eigenvalue weighted by atomic mass is 10.0. The van der Waals surface area contributed by atoms with E-state index in [1.54, 1.807) is 6.08 Å². The van der Waals surface area contributed by atoms with E-state index in [-0.39, 0.29) is 19.1 Å². The van der Waals surface area contributed by atoms with Crippen LogP contribution in [-0.2, 0) is 18.4 Å². The number of hydrogen-bond donors (Lipinski definition) is 3. The Bertz CT molecular complexity index is 1050. The van der Waals surface area contributed by atoms with Gasteiger partial charge in [-0.05, 0) is 19.3 Å². The van der Waals surface area contributed by atoms with Gasteiger partial charge in [-0.15, -0.1) is 0 Å². The van der Waals surface area contributed by atoms with Crippen LogP contribution < -0.4 is 5.32 Å². The van der Waals surface area contributed by atoms with Crippen molar-refractivity contribution in [1.29, 1.82) is 0 Å². The second-order valence-corrected chi connectivity index (χ2v) is 22.1. The lowest BCUT2D eigenvalue weighted by Gasteiger charge is -2.25. The minimum atomic E-state index is -4.33. The first kappa shape index (κ1) is 63.2. The van der Waals surface area contributed by atoms with Crippen molar-refractivity contribution < 1.29 is 32.9 Å². The largest absolute Gasteiger partial charge is 0.472 e. The maximum absolute atomic E-state index is 12.9. The molecule has 3 unspecified atom stereocenters. The lowest BCUT2D eigenvalue weighted by molar-refractivity contribution is -0.870. The molecule has 382 valence electrons. The smallest absolute Gasteiger partial charge is 0.387 e. The number of nitrogens with zero attached hydrogens (tertiary/aromatic N) is 1. The Morgan fingerprint density at radius 3 is 1.16 bits per heavy atom. The Balaban J connectivity index is 3.81. The van der Waals surface area contributed by atoms with E-state index in [9.17, 15) is 19.4 Å². The topological polar surface area (TPSA) is 105 Å². The minimum Gasteiger partial charge on any atom is -0.387 e. The fourth-order valence-electron chi connectivity index (χ4n) is 8.57.